The van der Waals surface area contributed by atoms with Crippen LogP contribution in [0.2, 0.25) is 0 Å². The van der Waals surface area contributed by atoms with Gasteiger partial charge in [0.15, 0.2) is 0 Å². The fourth-order valence-corrected chi connectivity index (χ4v) is 1.68. The van der Waals surface area contributed by atoms with Crippen LogP contribution in [-0.4, -0.2) is 20.6 Å². The highest BCUT2D eigenvalue weighted by Crippen LogP contribution is 2.08. The minimum absolute atomic E-state index is 0.398. The molecule has 0 aliphatic heterocycles. The largest absolute Gasteiger partial charge is 0.353 e. The average Bonchev–Trinajstić information content (AvgIpc) is 2.74. The van der Waals surface area contributed by atoms with E-state index in [2.05, 4.69) is 39.8 Å². The molecule has 1 N–H and O–H groups in total. The molecule has 4 heteroatoms. The van der Waals surface area contributed by atoms with Gasteiger partial charge in [0.05, 0.1) is 0 Å². The van der Waals surface area contributed by atoms with Crippen molar-refractivity contribution in [2.45, 2.75) is 32.9 Å². The summed E-state index contributed by atoms with van der Waals surface area (Å²) in [6.07, 6.45) is 8.50. The minimum Gasteiger partial charge on any atom is -0.353 e. The molecule has 0 amide bonds. The van der Waals surface area contributed by atoms with Gasteiger partial charge in [0.1, 0.15) is 0 Å². The van der Waals surface area contributed by atoms with Crippen molar-refractivity contribution >= 4 is 5.95 Å². The molecule has 17 heavy (non-hydrogen) atoms. The molecule has 4 nitrogen and oxygen atoms in total. The molecule has 0 atom stereocenters. The molecule has 90 valence electrons. The summed E-state index contributed by atoms with van der Waals surface area (Å²) in [5.41, 5.74) is 1.25. The number of pyridine rings is 1. The highest BCUT2D eigenvalue weighted by Gasteiger charge is 2.03. The third-order valence-corrected chi connectivity index (χ3v) is 2.50. The van der Waals surface area contributed by atoms with Crippen LogP contribution < -0.4 is 5.32 Å². The molecule has 0 fully saturated rings. The van der Waals surface area contributed by atoms with E-state index in [9.17, 15) is 0 Å². The standard InChI is InChI=1S/C13H18N4/c1-11(2)16-13-15-7-9-17(13)8-5-12-4-3-6-14-10-12/h3-4,6-7,9-11H,5,8H2,1-2H3,(H,15,16). The SMILES string of the molecule is CC(C)Nc1nccn1CCc1cccnc1. The van der Waals surface area contributed by atoms with Gasteiger partial charge in [0.25, 0.3) is 0 Å². The average molecular weight is 230 g/mol. The molecule has 0 aliphatic carbocycles. The van der Waals surface area contributed by atoms with Crippen molar-refractivity contribution < 1.29 is 0 Å². The molecule has 0 saturated carbocycles. The first-order chi connectivity index (χ1) is 8.25. The maximum atomic E-state index is 4.30. The zero-order valence-corrected chi connectivity index (χ0v) is 10.3. The Morgan fingerprint density at radius 3 is 2.94 bits per heavy atom. The van der Waals surface area contributed by atoms with Gasteiger partial charge in [-0.1, -0.05) is 6.07 Å². The van der Waals surface area contributed by atoms with E-state index in [1.54, 1.807) is 6.20 Å². The van der Waals surface area contributed by atoms with Crippen LogP contribution in [0.5, 0.6) is 0 Å². The number of aryl methyl sites for hydroxylation is 2. The number of anilines is 1. The molecule has 2 rings (SSSR count). The van der Waals surface area contributed by atoms with E-state index in [-0.39, 0.29) is 0 Å². The summed E-state index contributed by atoms with van der Waals surface area (Å²) >= 11 is 0. The predicted molar refractivity (Wildman–Crippen MR) is 68.9 cm³/mol. The van der Waals surface area contributed by atoms with E-state index in [4.69, 9.17) is 0 Å². The lowest BCUT2D eigenvalue weighted by molar-refractivity contribution is 0.690. The van der Waals surface area contributed by atoms with Crippen LogP contribution in [0, 0.1) is 0 Å². The first-order valence-corrected chi connectivity index (χ1v) is 5.92. The molecule has 0 saturated heterocycles. The van der Waals surface area contributed by atoms with Crippen molar-refractivity contribution in [1.82, 2.24) is 14.5 Å². The zero-order valence-electron chi connectivity index (χ0n) is 10.3. The van der Waals surface area contributed by atoms with Crippen molar-refractivity contribution in [1.29, 1.82) is 0 Å². The van der Waals surface area contributed by atoms with Crippen LogP contribution in [0.25, 0.3) is 0 Å². The first-order valence-electron chi connectivity index (χ1n) is 5.92. The smallest absolute Gasteiger partial charge is 0.202 e. The van der Waals surface area contributed by atoms with Gasteiger partial charge >= 0.3 is 0 Å². The zero-order chi connectivity index (χ0) is 12.1. The van der Waals surface area contributed by atoms with Crippen molar-refractivity contribution in [3.63, 3.8) is 0 Å². The summed E-state index contributed by atoms with van der Waals surface area (Å²) in [7, 11) is 0. The summed E-state index contributed by atoms with van der Waals surface area (Å²) in [5, 5.41) is 3.33. The predicted octanol–water partition coefficient (Wildman–Crippen LogP) is 2.34. The molecule has 0 spiro atoms. The van der Waals surface area contributed by atoms with Crippen LogP contribution in [0.3, 0.4) is 0 Å². The van der Waals surface area contributed by atoms with Gasteiger partial charge in [0.2, 0.25) is 5.95 Å². The molecule has 2 aromatic heterocycles. The lowest BCUT2D eigenvalue weighted by atomic mass is 10.2. The minimum atomic E-state index is 0.398. The number of rotatable bonds is 5. The van der Waals surface area contributed by atoms with Gasteiger partial charge in [-0.05, 0) is 31.9 Å². The number of aromatic nitrogens is 3. The lowest BCUT2D eigenvalue weighted by Crippen LogP contribution is -2.15. The van der Waals surface area contributed by atoms with Crippen molar-refractivity contribution in [3.05, 3.63) is 42.5 Å². The second-order valence-corrected chi connectivity index (χ2v) is 4.35. The molecule has 0 unspecified atom stereocenters. The highest BCUT2D eigenvalue weighted by molar-refractivity contribution is 5.27. The molecule has 2 aromatic rings. The van der Waals surface area contributed by atoms with Crippen LogP contribution >= 0.6 is 0 Å². The Morgan fingerprint density at radius 1 is 1.35 bits per heavy atom. The molecule has 2 heterocycles. The number of hydrogen-bond acceptors (Lipinski definition) is 3. The molecular formula is C13H18N4. The normalized spacial score (nSPS) is 10.8. The monoisotopic (exact) mass is 230 g/mol. The Balaban J connectivity index is 1.97. The summed E-state index contributed by atoms with van der Waals surface area (Å²) in [6.45, 7) is 5.14. The van der Waals surface area contributed by atoms with E-state index < -0.39 is 0 Å². The Labute approximate surface area is 102 Å². The topological polar surface area (TPSA) is 42.7 Å². The van der Waals surface area contributed by atoms with Crippen LogP contribution in [0.15, 0.2) is 36.9 Å². The number of nitrogens with zero attached hydrogens (tertiary/aromatic N) is 3. The van der Waals surface area contributed by atoms with Gasteiger partial charge in [-0.25, -0.2) is 4.98 Å². The molecule has 0 aliphatic rings. The summed E-state index contributed by atoms with van der Waals surface area (Å²) in [6, 6.07) is 4.46. The van der Waals surface area contributed by atoms with E-state index in [0.29, 0.717) is 6.04 Å². The van der Waals surface area contributed by atoms with Gasteiger partial charge in [-0.2, -0.15) is 0 Å². The molecule has 0 bridgehead atoms. The van der Waals surface area contributed by atoms with Gasteiger partial charge in [-0.15, -0.1) is 0 Å². The van der Waals surface area contributed by atoms with Crippen molar-refractivity contribution in [3.8, 4) is 0 Å². The number of nitrogens with one attached hydrogen (secondary N) is 1. The maximum absolute atomic E-state index is 4.30. The molecular weight excluding hydrogens is 212 g/mol. The Hall–Kier alpha value is -1.84. The quantitative estimate of drug-likeness (QED) is 0.857. The van der Waals surface area contributed by atoms with Crippen molar-refractivity contribution in [2.24, 2.45) is 0 Å². The van der Waals surface area contributed by atoms with Gasteiger partial charge < -0.3 is 9.88 Å². The third kappa shape index (κ3) is 3.31. The van der Waals surface area contributed by atoms with Crippen molar-refractivity contribution in [2.75, 3.05) is 5.32 Å². The fourth-order valence-electron chi connectivity index (χ4n) is 1.68. The summed E-state index contributed by atoms with van der Waals surface area (Å²) in [5.74, 6) is 0.934. The lowest BCUT2D eigenvalue weighted by Gasteiger charge is -2.12. The number of imidazole rings is 1. The molecule has 0 radical (unpaired) electrons. The van der Waals surface area contributed by atoms with E-state index in [1.165, 1.54) is 5.56 Å². The second-order valence-electron chi connectivity index (χ2n) is 4.35. The summed E-state index contributed by atoms with van der Waals surface area (Å²) < 4.78 is 2.13. The van der Waals surface area contributed by atoms with E-state index in [1.807, 2.05) is 24.7 Å². The van der Waals surface area contributed by atoms with Gasteiger partial charge in [0, 0.05) is 37.4 Å². The van der Waals surface area contributed by atoms with Crippen LogP contribution in [-0.2, 0) is 13.0 Å². The first kappa shape index (κ1) is 11.6. The van der Waals surface area contributed by atoms with Gasteiger partial charge in [-0.3, -0.25) is 4.98 Å². The Kier molecular flexibility index (Phi) is 3.75. The maximum Gasteiger partial charge on any atom is 0.202 e. The van der Waals surface area contributed by atoms with E-state index >= 15 is 0 Å². The number of hydrogen-bond donors (Lipinski definition) is 1. The van der Waals surface area contributed by atoms with Crippen LogP contribution in [0.1, 0.15) is 19.4 Å². The molecule has 0 aromatic carbocycles. The van der Waals surface area contributed by atoms with E-state index in [0.717, 1.165) is 18.9 Å². The van der Waals surface area contributed by atoms with Crippen LogP contribution in [0.4, 0.5) is 5.95 Å². The fraction of sp³-hybridized carbons (Fsp3) is 0.385. The Morgan fingerprint density at radius 2 is 2.24 bits per heavy atom. The Bertz CT molecular complexity index is 447. The second kappa shape index (κ2) is 5.48. The highest BCUT2D eigenvalue weighted by atomic mass is 15.2. The summed E-state index contributed by atoms with van der Waals surface area (Å²) in [4.78, 5) is 8.42. The third-order valence-electron chi connectivity index (χ3n) is 2.50.